The van der Waals surface area contributed by atoms with E-state index in [1.807, 2.05) is 12.1 Å². The number of thiophene rings is 1. The number of carbonyl (C=O) groups is 1. The second-order valence-corrected chi connectivity index (χ2v) is 9.51. The van der Waals surface area contributed by atoms with Crippen LogP contribution in [0.15, 0.2) is 40.6 Å². The molecule has 5 nitrogen and oxygen atoms in total. The molecule has 3 N–H and O–H groups in total. The second kappa shape index (κ2) is 13.1. The molecule has 1 atom stereocenters. The molecule has 0 aliphatic rings. The number of halogens is 1. The minimum absolute atomic E-state index is 0.157. The number of hydrogen-bond acceptors (Lipinski definition) is 4. The first-order chi connectivity index (χ1) is 13.6. The van der Waals surface area contributed by atoms with Gasteiger partial charge in [-0.05, 0) is 49.4 Å². The maximum Gasteiger partial charge on any atom is 0.251 e. The molecule has 0 spiro atoms. The number of amides is 1. The zero-order valence-electron chi connectivity index (χ0n) is 16.1. The fraction of sp³-hybridized carbons (Fsp3) is 0.450. The summed E-state index contributed by atoms with van der Waals surface area (Å²) in [5.41, 5.74) is 0.564. The van der Waals surface area contributed by atoms with E-state index in [9.17, 15) is 9.00 Å². The average Bonchev–Trinajstić information content (AvgIpc) is 3.18. The number of unbranched alkanes of at least 4 members (excludes halogenated alkanes) is 3. The predicted octanol–water partition coefficient (Wildman–Crippen LogP) is 4.11. The highest BCUT2D eigenvalue weighted by molar-refractivity contribution is 7.85. The van der Waals surface area contributed by atoms with E-state index < -0.39 is 11.0 Å². The fourth-order valence-corrected chi connectivity index (χ4v) is 4.75. The second-order valence-electron chi connectivity index (χ2n) is 6.38. The van der Waals surface area contributed by atoms with Crippen LogP contribution < -0.4 is 15.4 Å². The van der Waals surface area contributed by atoms with Crippen molar-refractivity contribution in [3.05, 3.63) is 51.9 Å². The van der Waals surface area contributed by atoms with Crippen LogP contribution in [0, 0.1) is 0 Å². The van der Waals surface area contributed by atoms with Crippen LogP contribution in [0.3, 0.4) is 0 Å². The van der Waals surface area contributed by atoms with Gasteiger partial charge >= 0.3 is 0 Å². The van der Waals surface area contributed by atoms with E-state index >= 15 is 0 Å². The Bertz CT molecular complexity index is 750. The molecule has 1 aromatic carbocycles. The Morgan fingerprint density at radius 3 is 2.57 bits per heavy atom. The standard InChI is InChI=1S/C20H28ClN3O2S2/c1-2-3-4-5-12-22-13-14-24-28(26)19-11-10-18(27-19)15-23-20(25)16-6-8-17(21)9-7-16/h6-11,22,24H,2-5,12-15H2,1H3,(H,23,25). The van der Waals surface area contributed by atoms with Crippen molar-refractivity contribution >= 4 is 39.8 Å². The smallest absolute Gasteiger partial charge is 0.251 e. The van der Waals surface area contributed by atoms with Gasteiger partial charge in [-0.2, -0.15) is 0 Å². The number of hydrogen-bond donors (Lipinski definition) is 3. The molecule has 0 saturated heterocycles. The lowest BCUT2D eigenvalue weighted by atomic mass is 10.2. The first-order valence-electron chi connectivity index (χ1n) is 9.58. The third kappa shape index (κ3) is 8.41. The third-order valence-corrected chi connectivity index (χ3v) is 6.90. The van der Waals surface area contributed by atoms with Crippen LogP contribution in [-0.2, 0) is 17.5 Å². The molecule has 0 bridgehead atoms. The Morgan fingerprint density at radius 1 is 1.04 bits per heavy atom. The lowest BCUT2D eigenvalue weighted by Crippen LogP contribution is -2.29. The maximum absolute atomic E-state index is 12.3. The van der Waals surface area contributed by atoms with E-state index in [4.69, 9.17) is 11.6 Å². The zero-order valence-corrected chi connectivity index (χ0v) is 18.5. The van der Waals surface area contributed by atoms with Crippen molar-refractivity contribution in [1.82, 2.24) is 15.4 Å². The van der Waals surface area contributed by atoms with E-state index in [1.165, 1.54) is 37.0 Å². The molecule has 28 heavy (non-hydrogen) atoms. The third-order valence-electron chi connectivity index (χ3n) is 4.09. The van der Waals surface area contributed by atoms with Gasteiger partial charge in [-0.25, -0.2) is 8.93 Å². The molecule has 0 aliphatic carbocycles. The Labute approximate surface area is 178 Å². The summed E-state index contributed by atoms with van der Waals surface area (Å²) < 4.78 is 16.1. The van der Waals surface area contributed by atoms with Gasteiger partial charge in [0.2, 0.25) is 0 Å². The van der Waals surface area contributed by atoms with Crippen LogP contribution in [-0.4, -0.2) is 29.8 Å². The van der Waals surface area contributed by atoms with Crippen LogP contribution >= 0.6 is 22.9 Å². The molecule has 1 aromatic heterocycles. The van der Waals surface area contributed by atoms with Crippen molar-refractivity contribution in [2.24, 2.45) is 0 Å². The quantitative estimate of drug-likeness (QED) is 0.409. The van der Waals surface area contributed by atoms with Crippen LogP contribution in [0.4, 0.5) is 0 Å². The first-order valence-corrected chi connectivity index (χ1v) is 11.9. The molecule has 1 unspecified atom stereocenters. The van der Waals surface area contributed by atoms with Gasteiger partial charge in [0.1, 0.15) is 15.2 Å². The summed E-state index contributed by atoms with van der Waals surface area (Å²) in [5.74, 6) is -0.157. The number of benzene rings is 1. The zero-order chi connectivity index (χ0) is 20.2. The van der Waals surface area contributed by atoms with Gasteiger partial charge < -0.3 is 10.6 Å². The summed E-state index contributed by atoms with van der Waals surface area (Å²) in [6.45, 7) is 5.07. The number of rotatable bonds is 13. The van der Waals surface area contributed by atoms with Crippen LogP contribution in [0.2, 0.25) is 5.02 Å². The molecule has 0 radical (unpaired) electrons. The highest BCUT2D eigenvalue weighted by atomic mass is 35.5. The van der Waals surface area contributed by atoms with Crippen LogP contribution in [0.5, 0.6) is 0 Å². The maximum atomic E-state index is 12.3. The molecule has 0 saturated carbocycles. The molecule has 8 heteroatoms. The molecule has 1 amide bonds. The largest absolute Gasteiger partial charge is 0.347 e. The lowest BCUT2D eigenvalue weighted by molar-refractivity contribution is 0.0951. The van der Waals surface area contributed by atoms with Gasteiger partial charge in [-0.1, -0.05) is 37.8 Å². The fourth-order valence-electron chi connectivity index (χ4n) is 2.53. The van der Waals surface area contributed by atoms with Crippen molar-refractivity contribution in [3.63, 3.8) is 0 Å². The van der Waals surface area contributed by atoms with Gasteiger partial charge in [0.05, 0.1) is 6.54 Å². The summed E-state index contributed by atoms with van der Waals surface area (Å²) >= 11 is 7.27. The molecule has 0 fully saturated rings. The highest BCUT2D eigenvalue weighted by Crippen LogP contribution is 2.19. The normalized spacial score (nSPS) is 12.1. The molecule has 154 valence electrons. The number of carbonyl (C=O) groups excluding carboxylic acids is 1. The highest BCUT2D eigenvalue weighted by Gasteiger charge is 2.09. The number of nitrogens with one attached hydrogen (secondary N) is 3. The van der Waals surface area contributed by atoms with Crippen LogP contribution in [0.25, 0.3) is 0 Å². The van der Waals surface area contributed by atoms with Crippen molar-refractivity contribution in [2.45, 2.75) is 43.4 Å². The first kappa shape index (κ1) is 23.0. The van der Waals surface area contributed by atoms with Gasteiger partial charge in [0.15, 0.2) is 0 Å². The van der Waals surface area contributed by atoms with Crippen molar-refractivity contribution < 1.29 is 9.00 Å². The molecular formula is C20H28ClN3O2S2. The Balaban J connectivity index is 1.66. The summed E-state index contributed by atoms with van der Waals surface area (Å²) in [4.78, 5) is 13.1. The summed E-state index contributed by atoms with van der Waals surface area (Å²) in [6, 6.07) is 10.5. The molecular weight excluding hydrogens is 414 g/mol. The van der Waals surface area contributed by atoms with E-state index in [1.54, 1.807) is 24.3 Å². The van der Waals surface area contributed by atoms with E-state index in [2.05, 4.69) is 22.3 Å². The Morgan fingerprint density at radius 2 is 1.82 bits per heavy atom. The molecule has 0 aliphatic heterocycles. The van der Waals surface area contributed by atoms with Crippen molar-refractivity contribution in [3.8, 4) is 0 Å². The molecule has 2 rings (SSSR count). The Kier molecular flexibility index (Phi) is 10.7. The summed E-state index contributed by atoms with van der Waals surface area (Å²) in [6.07, 6.45) is 4.97. The Hall–Kier alpha value is -1.25. The van der Waals surface area contributed by atoms with Crippen molar-refractivity contribution in [2.75, 3.05) is 19.6 Å². The summed E-state index contributed by atoms with van der Waals surface area (Å²) in [7, 11) is -1.22. The average molecular weight is 442 g/mol. The van der Waals surface area contributed by atoms with E-state index in [0.717, 1.165) is 22.2 Å². The van der Waals surface area contributed by atoms with Gasteiger partial charge in [0, 0.05) is 28.6 Å². The van der Waals surface area contributed by atoms with Gasteiger partial charge in [-0.15, -0.1) is 11.3 Å². The van der Waals surface area contributed by atoms with E-state index in [0.29, 0.717) is 23.7 Å². The lowest BCUT2D eigenvalue weighted by Gasteiger charge is -2.05. The minimum Gasteiger partial charge on any atom is -0.347 e. The topological polar surface area (TPSA) is 70.2 Å². The van der Waals surface area contributed by atoms with Gasteiger partial charge in [-0.3, -0.25) is 4.79 Å². The monoisotopic (exact) mass is 441 g/mol. The SMILES string of the molecule is CCCCCCNCCNS(=O)c1ccc(CNC(=O)c2ccc(Cl)cc2)s1. The minimum atomic E-state index is -1.22. The van der Waals surface area contributed by atoms with E-state index in [-0.39, 0.29) is 5.91 Å². The molecule has 2 aromatic rings. The predicted molar refractivity (Wildman–Crippen MR) is 118 cm³/mol. The van der Waals surface area contributed by atoms with Crippen LogP contribution in [0.1, 0.15) is 47.8 Å². The molecule has 1 heterocycles. The summed E-state index contributed by atoms with van der Waals surface area (Å²) in [5, 5.41) is 6.82. The van der Waals surface area contributed by atoms with Gasteiger partial charge in [0.25, 0.3) is 5.91 Å². The van der Waals surface area contributed by atoms with Crippen molar-refractivity contribution in [1.29, 1.82) is 0 Å².